The summed E-state index contributed by atoms with van der Waals surface area (Å²) in [6.45, 7) is 5.93. The fourth-order valence-corrected chi connectivity index (χ4v) is 3.90. The highest BCUT2D eigenvalue weighted by Gasteiger charge is 2.39. The van der Waals surface area contributed by atoms with Gasteiger partial charge in [-0.05, 0) is 36.0 Å². The van der Waals surface area contributed by atoms with Gasteiger partial charge in [-0.1, -0.05) is 26.0 Å². The summed E-state index contributed by atoms with van der Waals surface area (Å²) in [6.07, 6.45) is 1.63. The Morgan fingerprint density at radius 2 is 2.07 bits per heavy atom. The summed E-state index contributed by atoms with van der Waals surface area (Å²) in [5.74, 6) is -0.244. The van der Waals surface area contributed by atoms with Crippen LogP contribution in [0, 0.1) is 5.92 Å². The van der Waals surface area contributed by atoms with Crippen LogP contribution in [-0.4, -0.2) is 41.2 Å². The molecular formula is C20H28N4O3. The van der Waals surface area contributed by atoms with Gasteiger partial charge in [0.1, 0.15) is 6.04 Å². The van der Waals surface area contributed by atoms with Gasteiger partial charge < -0.3 is 16.0 Å². The smallest absolute Gasteiger partial charge is 0.255 e. The van der Waals surface area contributed by atoms with Gasteiger partial charge in [-0.3, -0.25) is 19.7 Å². The Kier molecular flexibility index (Phi) is 5.92. The molecule has 2 aliphatic heterocycles. The highest BCUT2D eigenvalue weighted by Crippen LogP contribution is 2.29. The van der Waals surface area contributed by atoms with Crippen molar-refractivity contribution >= 4 is 17.7 Å². The Morgan fingerprint density at radius 3 is 2.74 bits per heavy atom. The van der Waals surface area contributed by atoms with Crippen LogP contribution < -0.4 is 16.4 Å². The lowest BCUT2D eigenvalue weighted by Gasteiger charge is -2.29. The summed E-state index contributed by atoms with van der Waals surface area (Å²) in [5, 5.41) is 5.83. The van der Waals surface area contributed by atoms with E-state index in [-0.39, 0.29) is 30.2 Å². The van der Waals surface area contributed by atoms with E-state index < -0.39 is 6.04 Å². The molecule has 0 radical (unpaired) electrons. The van der Waals surface area contributed by atoms with Gasteiger partial charge >= 0.3 is 0 Å². The molecule has 1 aromatic carbocycles. The lowest BCUT2D eigenvalue weighted by atomic mass is 10.0. The van der Waals surface area contributed by atoms with E-state index in [1.54, 1.807) is 4.90 Å². The van der Waals surface area contributed by atoms with Gasteiger partial charge in [-0.2, -0.15) is 0 Å². The second kappa shape index (κ2) is 8.19. The maximum Gasteiger partial charge on any atom is 0.255 e. The molecule has 1 fully saturated rings. The van der Waals surface area contributed by atoms with Gasteiger partial charge in [-0.25, -0.2) is 0 Å². The highest BCUT2D eigenvalue weighted by molar-refractivity contribution is 6.05. The summed E-state index contributed by atoms with van der Waals surface area (Å²) in [5.41, 5.74) is 8.53. The number of piperidine rings is 1. The minimum atomic E-state index is -0.582. The third-order valence-corrected chi connectivity index (χ3v) is 5.30. The third kappa shape index (κ3) is 4.20. The van der Waals surface area contributed by atoms with E-state index in [1.165, 1.54) is 0 Å². The van der Waals surface area contributed by atoms with E-state index >= 15 is 0 Å². The average Bonchev–Trinajstić information content (AvgIpc) is 2.96. The predicted octanol–water partition coefficient (Wildman–Crippen LogP) is 0.911. The lowest BCUT2D eigenvalue weighted by molar-refractivity contribution is -0.136. The number of benzene rings is 1. The fourth-order valence-electron chi connectivity index (χ4n) is 3.90. The van der Waals surface area contributed by atoms with Crippen LogP contribution in [0.25, 0.3) is 0 Å². The van der Waals surface area contributed by atoms with E-state index in [9.17, 15) is 14.4 Å². The summed E-state index contributed by atoms with van der Waals surface area (Å²) >= 11 is 0. The molecule has 2 atom stereocenters. The van der Waals surface area contributed by atoms with Crippen molar-refractivity contribution in [2.75, 3.05) is 6.54 Å². The second-order valence-electron chi connectivity index (χ2n) is 7.79. The highest BCUT2D eigenvalue weighted by atomic mass is 16.2. The molecule has 7 nitrogen and oxygen atoms in total. The van der Waals surface area contributed by atoms with Crippen molar-refractivity contribution in [2.45, 2.75) is 58.3 Å². The molecule has 3 rings (SSSR count). The third-order valence-electron chi connectivity index (χ3n) is 5.30. The molecule has 0 aliphatic carbocycles. The molecule has 7 heteroatoms. The van der Waals surface area contributed by atoms with Crippen molar-refractivity contribution in [1.82, 2.24) is 15.5 Å². The molecule has 3 amide bonds. The van der Waals surface area contributed by atoms with Crippen molar-refractivity contribution in [2.24, 2.45) is 11.7 Å². The van der Waals surface area contributed by atoms with E-state index in [0.29, 0.717) is 37.5 Å². The number of nitrogens with two attached hydrogens (primary N) is 1. The maximum absolute atomic E-state index is 12.8. The largest absolute Gasteiger partial charge is 0.329 e. The minimum absolute atomic E-state index is 0.140. The number of hydrogen-bond acceptors (Lipinski definition) is 5. The first-order chi connectivity index (χ1) is 12.9. The monoisotopic (exact) mass is 372 g/mol. The molecule has 2 heterocycles. The van der Waals surface area contributed by atoms with Crippen molar-refractivity contribution in [3.63, 3.8) is 0 Å². The molecule has 2 aliphatic rings. The Morgan fingerprint density at radius 1 is 1.30 bits per heavy atom. The molecule has 2 unspecified atom stereocenters. The Balaban J connectivity index is 1.74. The SMILES string of the molecule is CC(C)CC(CN)NCc1cccc2c1CN(C1CCC(=O)NC1=O)C2=O. The maximum atomic E-state index is 12.8. The van der Waals surface area contributed by atoms with Crippen LogP contribution in [-0.2, 0) is 22.7 Å². The molecule has 0 bridgehead atoms. The van der Waals surface area contributed by atoms with Crippen molar-refractivity contribution in [3.05, 3.63) is 34.9 Å². The van der Waals surface area contributed by atoms with Crippen LogP contribution in [0.4, 0.5) is 0 Å². The topological polar surface area (TPSA) is 105 Å². The minimum Gasteiger partial charge on any atom is -0.329 e. The van der Waals surface area contributed by atoms with Gasteiger partial charge in [0.05, 0.1) is 0 Å². The van der Waals surface area contributed by atoms with Crippen LogP contribution in [0.15, 0.2) is 18.2 Å². The Hall–Kier alpha value is -2.25. The zero-order valence-electron chi connectivity index (χ0n) is 16.0. The molecule has 0 aromatic heterocycles. The van der Waals surface area contributed by atoms with Crippen LogP contribution in [0.2, 0.25) is 0 Å². The summed E-state index contributed by atoms with van der Waals surface area (Å²) in [4.78, 5) is 38.0. The molecule has 1 aromatic rings. The van der Waals surface area contributed by atoms with Crippen LogP contribution in [0.5, 0.6) is 0 Å². The molecule has 0 spiro atoms. The van der Waals surface area contributed by atoms with Crippen LogP contribution in [0.1, 0.15) is 54.6 Å². The number of nitrogens with one attached hydrogen (secondary N) is 2. The van der Waals surface area contributed by atoms with E-state index in [2.05, 4.69) is 24.5 Å². The van der Waals surface area contributed by atoms with Gasteiger partial charge in [0, 0.05) is 37.7 Å². The first-order valence-corrected chi connectivity index (χ1v) is 9.59. The average molecular weight is 372 g/mol. The number of fused-ring (bicyclic) bond motifs is 1. The van der Waals surface area contributed by atoms with Gasteiger partial charge in [-0.15, -0.1) is 0 Å². The summed E-state index contributed by atoms with van der Waals surface area (Å²) < 4.78 is 0. The Bertz CT molecular complexity index is 747. The standard InChI is InChI=1S/C20H28N4O3/c1-12(2)8-14(9-21)22-10-13-4-3-5-15-16(13)11-24(20(15)27)17-6-7-18(25)23-19(17)26/h3-5,12,14,17,22H,6-11,21H2,1-2H3,(H,23,25,26). The zero-order chi connectivity index (χ0) is 19.6. The van der Waals surface area contributed by atoms with E-state index in [1.807, 2.05) is 18.2 Å². The van der Waals surface area contributed by atoms with Gasteiger partial charge in [0.25, 0.3) is 5.91 Å². The predicted molar refractivity (Wildman–Crippen MR) is 102 cm³/mol. The number of imide groups is 1. The summed E-state index contributed by atoms with van der Waals surface area (Å²) in [7, 11) is 0. The van der Waals surface area contributed by atoms with Crippen LogP contribution >= 0.6 is 0 Å². The quantitative estimate of drug-likeness (QED) is 0.617. The molecule has 146 valence electrons. The zero-order valence-corrected chi connectivity index (χ0v) is 16.0. The molecule has 27 heavy (non-hydrogen) atoms. The fraction of sp³-hybridized carbons (Fsp3) is 0.550. The summed E-state index contributed by atoms with van der Waals surface area (Å²) in [6, 6.07) is 5.34. The number of rotatable bonds is 7. The first-order valence-electron chi connectivity index (χ1n) is 9.59. The second-order valence-corrected chi connectivity index (χ2v) is 7.79. The van der Waals surface area contributed by atoms with E-state index in [0.717, 1.165) is 17.5 Å². The lowest BCUT2D eigenvalue weighted by Crippen LogP contribution is -2.52. The van der Waals surface area contributed by atoms with Crippen molar-refractivity contribution in [1.29, 1.82) is 0 Å². The number of hydrogen-bond donors (Lipinski definition) is 3. The number of nitrogens with zero attached hydrogens (tertiary/aromatic N) is 1. The van der Waals surface area contributed by atoms with Crippen molar-refractivity contribution < 1.29 is 14.4 Å². The number of amides is 3. The van der Waals surface area contributed by atoms with Crippen molar-refractivity contribution in [3.8, 4) is 0 Å². The molecule has 0 saturated carbocycles. The van der Waals surface area contributed by atoms with Gasteiger partial charge in [0.2, 0.25) is 11.8 Å². The van der Waals surface area contributed by atoms with Crippen LogP contribution in [0.3, 0.4) is 0 Å². The first kappa shape index (κ1) is 19.5. The Labute approximate surface area is 159 Å². The normalized spacial score (nSPS) is 20.8. The van der Waals surface area contributed by atoms with E-state index in [4.69, 9.17) is 5.73 Å². The molecular weight excluding hydrogens is 344 g/mol. The number of carbonyl (C=O) groups is 3. The molecule has 4 N–H and O–H groups in total. The van der Waals surface area contributed by atoms with Gasteiger partial charge in [0.15, 0.2) is 0 Å². The number of carbonyl (C=O) groups excluding carboxylic acids is 3. The molecule has 1 saturated heterocycles.